The molecule has 1 aromatic heterocycles. The van der Waals surface area contributed by atoms with Crippen LogP contribution in [0.25, 0.3) is 0 Å². The van der Waals surface area contributed by atoms with Crippen LogP contribution in [-0.2, 0) is 13.5 Å². The van der Waals surface area contributed by atoms with Gasteiger partial charge in [-0.05, 0) is 25.7 Å². The molecule has 4 nitrogen and oxygen atoms in total. The first-order valence-electron chi connectivity index (χ1n) is 7.71. The minimum atomic E-state index is 0.356. The van der Waals surface area contributed by atoms with Crippen molar-refractivity contribution >= 4 is 11.5 Å². The highest BCUT2D eigenvalue weighted by Gasteiger charge is 2.40. The van der Waals surface area contributed by atoms with Gasteiger partial charge in [0.1, 0.15) is 5.69 Å². The van der Waals surface area contributed by atoms with Crippen LogP contribution < -0.4 is 10.2 Å². The Kier molecular flexibility index (Phi) is 3.19. The van der Waals surface area contributed by atoms with Gasteiger partial charge >= 0.3 is 0 Å². The second-order valence-corrected chi connectivity index (χ2v) is 6.14. The van der Waals surface area contributed by atoms with Crippen molar-refractivity contribution in [1.82, 2.24) is 9.78 Å². The van der Waals surface area contributed by atoms with Crippen LogP contribution >= 0.6 is 0 Å². The molecule has 0 aromatic carbocycles. The molecule has 1 fully saturated rings. The zero-order valence-corrected chi connectivity index (χ0v) is 12.5. The number of hydrogen-bond donors (Lipinski definition) is 1. The third-order valence-corrected chi connectivity index (χ3v) is 5.13. The van der Waals surface area contributed by atoms with E-state index in [2.05, 4.69) is 35.9 Å². The van der Waals surface area contributed by atoms with Gasteiger partial charge in [-0.1, -0.05) is 26.2 Å². The fourth-order valence-electron chi connectivity index (χ4n) is 3.99. The highest BCUT2D eigenvalue weighted by Crippen LogP contribution is 2.43. The molecule has 0 radical (unpaired) electrons. The summed E-state index contributed by atoms with van der Waals surface area (Å²) in [5.74, 6) is 1.29. The summed E-state index contributed by atoms with van der Waals surface area (Å²) in [6.45, 7) is 3.27. The summed E-state index contributed by atoms with van der Waals surface area (Å²) in [5.41, 5.74) is 2.84. The summed E-state index contributed by atoms with van der Waals surface area (Å²) < 4.78 is 2.07. The Hall–Kier alpha value is -1.19. The van der Waals surface area contributed by atoms with Crippen molar-refractivity contribution in [3.63, 3.8) is 0 Å². The van der Waals surface area contributed by atoms with E-state index in [0.29, 0.717) is 5.54 Å². The molecular weight excluding hydrogens is 236 g/mol. The smallest absolute Gasteiger partial charge is 0.150 e. The predicted molar refractivity (Wildman–Crippen MR) is 79.9 cm³/mol. The molecule has 1 aromatic rings. The van der Waals surface area contributed by atoms with Crippen LogP contribution in [0.5, 0.6) is 0 Å². The fourth-order valence-corrected chi connectivity index (χ4v) is 3.99. The van der Waals surface area contributed by atoms with Gasteiger partial charge in [-0.25, -0.2) is 0 Å². The molecule has 4 heteroatoms. The second-order valence-electron chi connectivity index (χ2n) is 6.14. The van der Waals surface area contributed by atoms with E-state index >= 15 is 0 Å². The number of nitrogens with zero attached hydrogens (tertiary/aromatic N) is 3. The number of aryl methyl sites for hydroxylation is 2. The first-order valence-corrected chi connectivity index (χ1v) is 7.71. The maximum atomic E-state index is 4.69. The minimum Gasteiger partial charge on any atom is -0.380 e. The largest absolute Gasteiger partial charge is 0.380 e. The van der Waals surface area contributed by atoms with E-state index in [-0.39, 0.29) is 0 Å². The average Bonchev–Trinajstić information content (AvgIpc) is 2.68. The van der Waals surface area contributed by atoms with Crippen molar-refractivity contribution in [2.24, 2.45) is 7.05 Å². The van der Waals surface area contributed by atoms with Gasteiger partial charge in [-0.3, -0.25) is 4.68 Å². The zero-order valence-electron chi connectivity index (χ0n) is 12.5. The molecular formula is C15H26N4. The van der Waals surface area contributed by atoms with Crippen LogP contribution in [0.15, 0.2) is 0 Å². The van der Waals surface area contributed by atoms with Gasteiger partial charge in [-0.2, -0.15) is 5.10 Å². The minimum absolute atomic E-state index is 0.356. The second kappa shape index (κ2) is 4.73. The normalized spacial score (nSPS) is 21.9. The van der Waals surface area contributed by atoms with Gasteiger partial charge in [0.05, 0.1) is 5.69 Å². The Morgan fingerprint density at radius 3 is 2.58 bits per heavy atom. The lowest BCUT2D eigenvalue weighted by atomic mass is 9.78. The van der Waals surface area contributed by atoms with E-state index in [1.807, 2.05) is 0 Å². The number of aromatic nitrogens is 2. The quantitative estimate of drug-likeness (QED) is 0.844. The lowest BCUT2D eigenvalue weighted by molar-refractivity contribution is 0.271. The Morgan fingerprint density at radius 1 is 1.16 bits per heavy atom. The molecule has 0 unspecified atom stereocenters. The zero-order chi connectivity index (χ0) is 13.5. The van der Waals surface area contributed by atoms with E-state index in [1.54, 1.807) is 0 Å². The van der Waals surface area contributed by atoms with E-state index < -0.39 is 0 Å². The van der Waals surface area contributed by atoms with E-state index in [0.717, 1.165) is 13.0 Å². The van der Waals surface area contributed by atoms with Crippen LogP contribution in [0.1, 0.15) is 51.1 Å². The average molecular weight is 262 g/mol. The van der Waals surface area contributed by atoms with Crippen molar-refractivity contribution in [1.29, 1.82) is 0 Å². The number of hydrogen-bond acceptors (Lipinski definition) is 3. The summed E-state index contributed by atoms with van der Waals surface area (Å²) in [6, 6.07) is 0. The Labute approximate surface area is 116 Å². The van der Waals surface area contributed by atoms with Crippen LogP contribution in [0.3, 0.4) is 0 Å². The summed E-state index contributed by atoms with van der Waals surface area (Å²) in [6.07, 6.45) is 9.06. The molecule has 2 aliphatic rings. The Bertz CT molecular complexity index is 457. The highest BCUT2D eigenvalue weighted by molar-refractivity contribution is 5.71. The monoisotopic (exact) mass is 262 g/mol. The molecule has 106 valence electrons. The lowest BCUT2D eigenvalue weighted by Crippen LogP contribution is -2.49. The lowest BCUT2D eigenvalue weighted by Gasteiger charge is -2.44. The standard InChI is InChI=1S/C15H26N4/c1-4-12-13-14(19(3)17-12)18(2)15(10-11-16-13)8-6-5-7-9-15/h16H,4-11H2,1-3H3. The molecule has 0 saturated heterocycles. The van der Waals surface area contributed by atoms with Gasteiger partial charge in [-0.15, -0.1) is 0 Å². The number of rotatable bonds is 1. The fraction of sp³-hybridized carbons (Fsp3) is 0.800. The summed E-state index contributed by atoms with van der Waals surface area (Å²) >= 11 is 0. The molecule has 1 aliphatic carbocycles. The van der Waals surface area contributed by atoms with E-state index in [4.69, 9.17) is 5.10 Å². The molecule has 1 spiro atoms. The molecule has 19 heavy (non-hydrogen) atoms. The summed E-state index contributed by atoms with van der Waals surface area (Å²) in [4.78, 5) is 2.54. The van der Waals surface area contributed by atoms with Crippen molar-refractivity contribution in [3.8, 4) is 0 Å². The number of fused-ring (bicyclic) bond motifs is 1. The molecule has 0 atom stereocenters. The van der Waals surface area contributed by atoms with Gasteiger partial charge in [0, 0.05) is 26.2 Å². The maximum Gasteiger partial charge on any atom is 0.150 e. The van der Waals surface area contributed by atoms with Crippen molar-refractivity contribution in [3.05, 3.63) is 5.69 Å². The van der Waals surface area contributed by atoms with Crippen LogP contribution in [0, 0.1) is 0 Å². The van der Waals surface area contributed by atoms with Gasteiger partial charge in [0.25, 0.3) is 0 Å². The molecule has 0 bridgehead atoms. The SMILES string of the molecule is CCc1nn(C)c2c1NCCC1(CCCCC1)N2C. The summed E-state index contributed by atoms with van der Waals surface area (Å²) in [7, 11) is 4.36. The van der Waals surface area contributed by atoms with Crippen molar-refractivity contribution < 1.29 is 0 Å². The van der Waals surface area contributed by atoms with Crippen LogP contribution in [0.2, 0.25) is 0 Å². The van der Waals surface area contributed by atoms with Crippen molar-refractivity contribution in [2.45, 2.75) is 57.4 Å². The molecule has 2 heterocycles. The Balaban J connectivity index is 2.03. The van der Waals surface area contributed by atoms with Crippen LogP contribution in [0.4, 0.5) is 11.5 Å². The maximum absolute atomic E-state index is 4.69. The topological polar surface area (TPSA) is 33.1 Å². The molecule has 1 aliphatic heterocycles. The summed E-state index contributed by atoms with van der Waals surface area (Å²) in [5, 5.41) is 8.34. The molecule has 3 rings (SSSR count). The highest BCUT2D eigenvalue weighted by atomic mass is 15.4. The van der Waals surface area contributed by atoms with Gasteiger partial charge in [0.15, 0.2) is 5.82 Å². The predicted octanol–water partition coefficient (Wildman–Crippen LogP) is 2.94. The Morgan fingerprint density at radius 2 is 1.89 bits per heavy atom. The number of anilines is 2. The van der Waals surface area contributed by atoms with Gasteiger partial charge in [0.2, 0.25) is 0 Å². The van der Waals surface area contributed by atoms with Crippen LogP contribution in [-0.4, -0.2) is 28.9 Å². The molecule has 1 saturated carbocycles. The van der Waals surface area contributed by atoms with Gasteiger partial charge < -0.3 is 10.2 Å². The van der Waals surface area contributed by atoms with E-state index in [9.17, 15) is 0 Å². The molecule has 1 N–H and O–H groups in total. The van der Waals surface area contributed by atoms with Crippen molar-refractivity contribution in [2.75, 3.05) is 23.8 Å². The third-order valence-electron chi connectivity index (χ3n) is 5.13. The first-order chi connectivity index (χ1) is 9.18. The third kappa shape index (κ3) is 1.92. The number of nitrogens with one attached hydrogen (secondary N) is 1. The first kappa shape index (κ1) is 12.8. The van der Waals surface area contributed by atoms with E-state index in [1.165, 1.54) is 55.7 Å². The molecule has 0 amide bonds.